The van der Waals surface area contributed by atoms with Gasteiger partial charge < -0.3 is 5.32 Å². The van der Waals surface area contributed by atoms with Crippen LogP contribution in [-0.4, -0.2) is 31.1 Å². The molecule has 132 valence electrons. The summed E-state index contributed by atoms with van der Waals surface area (Å²) >= 11 is 0. The van der Waals surface area contributed by atoms with Crippen LogP contribution in [0.25, 0.3) is 0 Å². The molecule has 1 aliphatic rings. The molecule has 0 aromatic heterocycles. The predicted octanol–water partition coefficient (Wildman–Crippen LogP) is 4.21. The van der Waals surface area contributed by atoms with Crippen LogP contribution in [0.4, 0.5) is 17.6 Å². The van der Waals surface area contributed by atoms with E-state index in [9.17, 15) is 17.6 Å². The molecule has 0 bridgehead atoms. The number of nitrogens with one attached hydrogen (secondary N) is 1. The SMILES string of the molecule is C=CC[C@H](c1c(F)cccc1C(F)(F)F)N1CCNCC1.Cl.Cl. The van der Waals surface area contributed by atoms with Crippen molar-refractivity contribution in [2.45, 2.75) is 18.6 Å². The van der Waals surface area contributed by atoms with Gasteiger partial charge in [-0.1, -0.05) is 12.1 Å². The summed E-state index contributed by atoms with van der Waals surface area (Å²) in [5, 5.41) is 3.14. The van der Waals surface area contributed by atoms with Crippen molar-refractivity contribution >= 4 is 24.8 Å². The van der Waals surface area contributed by atoms with Gasteiger partial charge in [0.15, 0.2) is 0 Å². The monoisotopic (exact) mass is 374 g/mol. The zero-order valence-corrected chi connectivity index (χ0v) is 14.0. The first kappa shape index (κ1) is 22.2. The van der Waals surface area contributed by atoms with Crippen molar-refractivity contribution in [3.05, 3.63) is 47.8 Å². The molecule has 1 aliphatic heterocycles. The third kappa shape index (κ3) is 5.35. The smallest absolute Gasteiger partial charge is 0.314 e. The lowest BCUT2D eigenvalue weighted by Crippen LogP contribution is -2.45. The number of rotatable bonds is 4. The van der Waals surface area contributed by atoms with Gasteiger partial charge in [-0.25, -0.2) is 4.39 Å². The van der Waals surface area contributed by atoms with Crippen molar-refractivity contribution in [3.8, 4) is 0 Å². The molecular weight excluding hydrogens is 355 g/mol. The van der Waals surface area contributed by atoms with Crippen molar-refractivity contribution in [1.82, 2.24) is 10.2 Å². The van der Waals surface area contributed by atoms with Gasteiger partial charge in [-0.05, 0) is 18.6 Å². The van der Waals surface area contributed by atoms with Gasteiger partial charge in [-0.2, -0.15) is 13.2 Å². The second kappa shape index (κ2) is 9.47. The van der Waals surface area contributed by atoms with Gasteiger partial charge in [0.25, 0.3) is 0 Å². The van der Waals surface area contributed by atoms with E-state index in [0.717, 1.165) is 18.2 Å². The Kier molecular flexibility index (Phi) is 9.13. The molecule has 1 saturated heterocycles. The largest absolute Gasteiger partial charge is 0.416 e. The van der Waals surface area contributed by atoms with Crippen LogP contribution >= 0.6 is 24.8 Å². The Bertz CT molecular complexity index is 503. The fourth-order valence-electron chi connectivity index (χ4n) is 2.72. The van der Waals surface area contributed by atoms with Gasteiger partial charge in [-0.15, -0.1) is 31.4 Å². The summed E-state index contributed by atoms with van der Waals surface area (Å²) < 4.78 is 53.7. The maximum atomic E-state index is 14.1. The van der Waals surface area contributed by atoms with E-state index < -0.39 is 23.6 Å². The average molecular weight is 375 g/mol. The quantitative estimate of drug-likeness (QED) is 0.627. The normalized spacial score (nSPS) is 16.9. The Morgan fingerprint density at radius 2 is 1.83 bits per heavy atom. The number of halogens is 6. The van der Waals surface area contributed by atoms with Crippen LogP contribution in [0.2, 0.25) is 0 Å². The summed E-state index contributed by atoms with van der Waals surface area (Å²) in [6, 6.07) is 2.49. The minimum Gasteiger partial charge on any atom is -0.314 e. The highest BCUT2D eigenvalue weighted by atomic mass is 35.5. The molecule has 0 amide bonds. The van der Waals surface area contributed by atoms with Crippen LogP contribution in [0.1, 0.15) is 23.6 Å². The lowest BCUT2D eigenvalue weighted by Gasteiger charge is -2.36. The first-order valence-electron chi connectivity index (χ1n) is 6.86. The van der Waals surface area contributed by atoms with E-state index in [1.807, 2.05) is 4.90 Å². The highest BCUT2D eigenvalue weighted by Crippen LogP contribution is 2.39. The van der Waals surface area contributed by atoms with E-state index in [1.165, 1.54) is 0 Å². The van der Waals surface area contributed by atoms with Gasteiger partial charge in [0.1, 0.15) is 5.82 Å². The maximum absolute atomic E-state index is 14.1. The molecule has 1 fully saturated rings. The summed E-state index contributed by atoms with van der Waals surface area (Å²) in [7, 11) is 0. The summed E-state index contributed by atoms with van der Waals surface area (Å²) in [6.45, 7) is 6.14. The third-order valence-corrected chi connectivity index (χ3v) is 3.67. The maximum Gasteiger partial charge on any atom is 0.416 e. The molecule has 23 heavy (non-hydrogen) atoms. The van der Waals surface area contributed by atoms with E-state index in [2.05, 4.69) is 11.9 Å². The number of alkyl halides is 3. The number of piperazine rings is 1. The Hall–Kier alpha value is -0.820. The van der Waals surface area contributed by atoms with Crippen LogP contribution in [-0.2, 0) is 6.18 Å². The first-order valence-corrected chi connectivity index (χ1v) is 6.86. The molecule has 1 N–H and O–H groups in total. The van der Waals surface area contributed by atoms with E-state index >= 15 is 0 Å². The van der Waals surface area contributed by atoms with E-state index in [-0.39, 0.29) is 36.8 Å². The summed E-state index contributed by atoms with van der Waals surface area (Å²) in [4.78, 5) is 1.88. The Balaban J connectivity index is 0.00000242. The molecular formula is C15H20Cl2F4N2. The molecule has 1 aromatic rings. The minimum atomic E-state index is -4.56. The Morgan fingerprint density at radius 1 is 1.22 bits per heavy atom. The topological polar surface area (TPSA) is 15.3 Å². The molecule has 0 spiro atoms. The van der Waals surface area contributed by atoms with Crippen LogP contribution in [0.5, 0.6) is 0 Å². The molecule has 0 aliphatic carbocycles. The molecule has 1 heterocycles. The number of nitrogens with zero attached hydrogens (tertiary/aromatic N) is 1. The third-order valence-electron chi connectivity index (χ3n) is 3.67. The number of benzene rings is 1. The summed E-state index contributed by atoms with van der Waals surface area (Å²) in [6.07, 6.45) is -2.74. The van der Waals surface area contributed by atoms with E-state index in [1.54, 1.807) is 6.08 Å². The zero-order chi connectivity index (χ0) is 15.5. The first-order chi connectivity index (χ1) is 9.95. The average Bonchev–Trinajstić information content (AvgIpc) is 2.45. The van der Waals surface area contributed by atoms with Crippen molar-refractivity contribution in [2.75, 3.05) is 26.2 Å². The van der Waals surface area contributed by atoms with Crippen LogP contribution in [0, 0.1) is 5.82 Å². The van der Waals surface area contributed by atoms with Crippen molar-refractivity contribution in [2.24, 2.45) is 0 Å². The predicted molar refractivity (Wildman–Crippen MR) is 87.9 cm³/mol. The van der Waals surface area contributed by atoms with Crippen LogP contribution in [0.3, 0.4) is 0 Å². The van der Waals surface area contributed by atoms with Gasteiger partial charge >= 0.3 is 6.18 Å². The summed E-state index contributed by atoms with van der Waals surface area (Å²) in [5.74, 6) is -0.810. The van der Waals surface area contributed by atoms with Crippen LogP contribution in [0.15, 0.2) is 30.9 Å². The fourth-order valence-corrected chi connectivity index (χ4v) is 2.72. The van der Waals surface area contributed by atoms with Crippen LogP contribution < -0.4 is 5.32 Å². The zero-order valence-electron chi connectivity index (χ0n) is 12.4. The highest BCUT2D eigenvalue weighted by Gasteiger charge is 2.38. The van der Waals surface area contributed by atoms with Gasteiger partial charge in [0.05, 0.1) is 5.56 Å². The molecule has 8 heteroatoms. The Labute approximate surface area is 145 Å². The lowest BCUT2D eigenvalue weighted by atomic mass is 9.95. The van der Waals surface area contributed by atoms with Gasteiger partial charge in [0, 0.05) is 37.8 Å². The highest BCUT2D eigenvalue weighted by molar-refractivity contribution is 5.85. The molecule has 0 radical (unpaired) electrons. The van der Waals surface area contributed by atoms with E-state index in [0.29, 0.717) is 26.2 Å². The standard InChI is InChI=1S/C15H18F4N2.2ClH/c1-2-4-13(21-9-7-20-8-10-21)14-11(15(17,18)19)5-3-6-12(14)16;;/h2-3,5-6,13,20H,1,4,7-10H2;2*1H/t13-;;/m1../s1. The fraction of sp³-hybridized carbons (Fsp3) is 0.467. The second-order valence-electron chi connectivity index (χ2n) is 5.02. The lowest BCUT2D eigenvalue weighted by molar-refractivity contribution is -0.139. The summed E-state index contributed by atoms with van der Waals surface area (Å²) in [5.41, 5.74) is -1.17. The molecule has 0 unspecified atom stereocenters. The number of hydrogen-bond acceptors (Lipinski definition) is 2. The molecule has 2 rings (SSSR count). The van der Waals surface area contributed by atoms with Gasteiger partial charge in [0.2, 0.25) is 0 Å². The molecule has 0 saturated carbocycles. The number of hydrogen-bond donors (Lipinski definition) is 1. The molecule has 1 aromatic carbocycles. The van der Waals surface area contributed by atoms with Crippen molar-refractivity contribution in [3.63, 3.8) is 0 Å². The van der Waals surface area contributed by atoms with Crippen molar-refractivity contribution in [1.29, 1.82) is 0 Å². The van der Waals surface area contributed by atoms with Crippen molar-refractivity contribution < 1.29 is 17.6 Å². The molecule has 1 atom stereocenters. The second-order valence-corrected chi connectivity index (χ2v) is 5.02. The Morgan fingerprint density at radius 3 is 2.35 bits per heavy atom. The van der Waals surface area contributed by atoms with E-state index in [4.69, 9.17) is 0 Å². The minimum absolute atomic E-state index is 0. The molecule has 2 nitrogen and oxygen atoms in total. The van der Waals surface area contributed by atoms with Gasteiger partial charge in [-0.3, -0.25) is 4.90 Å².